The minimum atomic E-state index is -3.77. The monoisotopic (exact) mass is 468 g/mol. The molecule has 0 spiro atoms. The number of aromatic nitrogens is 2. The van der Waals surface area contributed by atoms with Gasteiger partial charge in [0.2, 0.25) is 10.0 Å². The highest BCUT2D eigenvalue weighted by atomic mass is 32.2. The van der Waals surface area contributed by atoms with Crippen LogP contribution >= 0.6 is 11.3 Å². The van der Waals surface area contributed by atoms with Crippen molar-refractivity contribution in [3.8, 4) is 0 Å². The summed E-state index contributed by atoms with van der Waals surface area (Å²) in [7, 11) is -3.77. The Kier molecular flexibility index (Phi) is 6.76. The van der Waals surface area contributed by atoms with Crippen molar-refractivity contribution < 1.29 is 8.42 Å². The molecule has 2 heterocycles. The summed E-state index contributed by atoms with van der Waals surface area (Å²) in [4.78, 5) is 6.11. The molecule has 1 unspecified atom stereocenters. The molecule has 3 N–H and O–H groups in total. The van der Waals surface area contributed by atoms with E-state index in [0.717, 1.165) is 30.7 Å². The van der Waals surface area contributed by atoms with Crippen LogP contribution in [0.3, 0.4) is 0 Å². The second kappa shape index (κ2) is 9.54. The summed E-state index contributed by atoms with van der Waals surface area (Å²) in [5.41, 5.74) is 3.99. The van der Waals surface area contributed by atoms with E-state index in [1.54, 1.807) is 29.5 Å². The number of primary sulfonamides is 1. The van der Waals surface area contributed by atoms with E-state index in [9.17, 15) is 8.42 Å². The molecule has 0 aliphatic rings. The number of thiophene rings is 1. The number of nitrogens with two attached hydrogens (primary N) is 1. The van der Waals surface area contributed by atoms with Gasteiger partial charge in [0.25, 0.3) is 0 Å². The third kappa shape index (κ3) is 4.94. The van der Waals surface area contributed by atoms with Crippen LogP contribution in [0.2, 0.25) is 0 Å². The molecule has 0 saturated heterocycles. The van der Waals surface area contributed by atoms with E-state index >= 15 is 0 Å². The Balaban J connectivity index is 1.68. The molecule has 8 heteroatoms. The SMILES string of the molecule is CCCCn1c(CNC(c2ccc(C)cc2)c2cccs2)nc2cc(S(N)(=O)=O)ccc21. The number of imidazole rings is 1. The summed E-state index contributed by atoms with van der Waals surface area (Å²) in [5.74, 6) is 0.883. The Labute approximate surface area is 193 Å². The van der Waals surface area contributed by atoms with Gasteiger partial charge >= 0.3 is 0 Å². The summed E-state index contributed by atoms with van der Waals surface area (Å²) in [6.45, 7) is 5.62. The third-order valence-corrected chi connectivity index (χ3v) is 7.41. The zero-order chi connectivity index (χ0) is 22.7. The number of hydrogen-bond donors (Lipinski definition) is 2. The van der Waals surface area contributed by atoms with Gasteiger partial charge in [0.05, 0.1) is 28.5 Å². The zero-order valence-corrected chi connectivity index (χ0v) is 19.9. The molecule has 6 nitrogen and oxygen atoms in total. The fraction of sp³-hybridized carbons (Fsp3) is 0.292. The minimum Gasteiger partial charge on any atom is -0.327 e. The number of fused-ring (bicyclic) bond motifs is 1. The van der Waals surface area contributed by atoms with Crippen molar-refractivity contribution in [1.29, 1.82) is 0 Å². The predicted molar refractivity (Wildman–Crippen MR) is 130 cm³/mol. The molecule has 32 heavy (non-hydrogen) atoms. The highest BCUT2D eigenvalue weighted by Gasteiger charge is 2.18. The summed E-state index contributed by atoms with van der Waals surface area (Å²) in [6.07, 6.45) is 2.07. The number of aryl methyl sites for hydroxylation is 2. The predicted octanol–water partition coefficient (Wildman–Crippen LogP) is 4.73. The first kappa shape index (κ1) is 22.7. The topological polar surface area (TPSA) is 90.0 Å². The molecule has 0 radical (unpaired) electrons. The van der Waals surface area contributed by atoms with Crippen molar-refractivity contribution >= 4 is 32.4 Å². The molecular formula is C24H28N4O2S2. The lowest BCUT2D eigenvalue weighted by molar-refractivity contribution is 0.551. The van der Waals surface area contributed by atoms with Crippen molar-refractivity contribution in [2.45, 2.75) is 50.7 Å². The molecular weight excluding hydrogens is 440 g/mol. The first-order valence-electron chi connectivity index (χ1n) is 10.7. The lowest BCUT2D eigenvalue weighted by atomic mass is 10.0. The van der Waals surface area contributed by atoms with Gasteiger partial charge in [0, 0.05) is 11.4 Å². The Morgan fingerprint density at radius 3 is 2.59 bits per heavy atom. The fourth-order valence-electron chi connectivity index (χ4n) is 3.83. The number of nitrogens with one attached hydrogen (secondary N) is 1. The molecule has 0 fully saturated rings. The van der Waals surface area contributed by atoms with Crippen LogP contribution < -0.4 is 10.5 Å². The van der Waals surface area contributed by atoms with E-state index in [1.807, 2.05) is 0 Å². The lowest BCUT2D eigenvalue weighted by Gasteiger charge is -2.19. The Morgan fingerprint density at radius 1 is 1.16 bits per heavy atom. The van der Waals surface area contributed by atoms with E-state index in [0.29, 0.717) is 12.1 Å². The highest BCUT2D eigenvalue weighted by Crippen LogP contribution is 2.27. The molecule has 2 aromatic heterocycles. The molecule has 1 atom stereocenters. The first-order chi connectivity index (χ1) is 15.4. The molecule has 2 aromatic carbocycles. The maximum absolute atomic E-state index is 11.8. The Morgan fingerprint density at radius 2 is 1.94 bits per heavy atom. The summed E-state index contributed by atoms with van der Waals surface area (Å²) >= 11 is 1.72. The smallest absolute Gasteiger partial charge is 0.238 e. The van der Waals surface area contributed by atoms with Crippen molar-refractivity contribution in [2.75, 3.05) is 0 Å². The van der Waals surface area contributed by atoms with Crippen LogP contribution in [0.4, 0.5) is 0 Å². The van der Waals surface area contributed by atoms with Crippen molar-refractivity contribution in [1.82, 2.24) is 14.9 Å². The largest absolute Gasteiger partial charge is 0.327 e. The Hall–Kier alpha value is -2.52. The lowest BCUT2D eigenvalue weighted by Crippen LogP contribution is -2.23. The second-order valence-electron chi connectivity index (χ2n) is 7.97. The Bertz CT molecular complexity index is 1290. The van der Waals surface area contributed by atoms with Crippen LogP contribution in [0.5, 0.6) is 0 Å². The molecule has 0 amide bonds. The van der Waals surface area contributed by atoms with E-state index in [4.69, 9.17) is 10.1 Å². The van der Waals surface area contributed by atoms with E-state index in [1.165, 1.54) is 16.0 Å². The van der Waals surface area contributed by atoms with Gasteiger partial charge in [-0.15, -0.1) is 11.3 Å². The van der Waals surface area contributed by atoms with Crippen LogP contribution in [-0.2, 0) is 23.1 Å². The summed E-state index contributed by atoms with van der Waals surface area (Å²) < 4.78 is 25.8. The van der Waals surface area contributed by atoms with E-state index < -0.39 is 10.0 Å². The van der Waals surface area contributed by atoms with Crippen LogP contribution in [0, 0.1) is 6.92 Å². The number of benzene rings is 2. The molecule has 0 aliphatic heterocycles. The van der Waals surface area contributed by atoms with E-state index in [-0.39, 0.29) is 10.9 Å². The van der Waals surface area contributed by atoms with Crippen molar-refractivity contribution in [3.63, 3.8) is 0 Å². The third-order valence-electron chi connectivity index (χ3n) is 5.57. The molecule has 168 valence electrons. The average Bonchev–Trinajstić information content (AvgIpc) is 3.40. The number of sulfonamides is 1. The first-order valence-corrected chi connectivity index (χ1v) is 13.1. The maximum Gasteiger partial charge on any atom is 0.238 e. The zero-order valence-electron chi connectivity index (χ0n) is 18.3. The molecule has 4 aromatic rings. The molecule has 0 saturated carbocycles. The number of unbranched alkanes of at least 4 members (excludes halogenated alkanes) is 1. The van der Waals surface area contributed by atoms with Gasteiger partial charge in [-0.25, -0.2) is 18.5 Å². The molecule has 4 rings (SSSR count). The minimum absolute atomic E-state index is 0.0509. The summed E-state index contributed by atoms with van der Waals surface area (Å²) in [5, 5.41) is 11.1. The quantitative estimate of drug-likeness (QED) is 0.371. The maximum atomic E-state index is 11.8. The van der Waals surface area contributed by atoms with Crippen LogP contribution in [-0.4, -0.2) is 18.0 Å². The van der Waals surface area contributed by atoms with Gasteiger partial charge in [-0.05, 0) is 48.6 Å². The van der Waals surface area contributed by atoms with Crippen molar-refractivity contribution in [2.24, 2.45) is 5.14 Å². The van der Waals surface area contributed by atoms with Crippen LogP contribution in [0.15, 0.2) is 64.9 Å². The second-order valence-corrected chi connectivity index (χ2v) is 10.5. The number of nitrogens with zero attached hydrogens (tertiary/aromatic N) is 2. The van der Waals surface area contributed by atoms with Crippen LogP contribution in [0.1, 0.15) is 47.6 Å². The van der Waals surface area contributed by atoms with Gasteiger partial charge in [0.1, 0.15) is 5.82 Å². The van der Waals surface area contributed by atoms with E-state index in [2.05, 4.69) is 65.5 Å². The van der Waals surface area contributed by atoms with Crippen molar-refractivity contribution in [3.05, 3.63) is 81.8 Å². The van der Waals surface area contributed by atoms with Gasteiger partial charge in [-0.1, -0.05) is 49.2 Å². The molecule has 0 bridgehead atoms. The highest BCUT2D eigenvalue weighted by molar-refractivity contribution is 7.89. The number of rotatable bonds is 9. The van der Waals surface area contributed by atoms with Gasteiger partial charge in [-0.3, -0.25) is 5.32 Å². The van der Waals surface area contributed by atoms with Crippen LogP contribution in [0.25, 0.3) is 11.0 Å². The average molecular weight is 469 g/mol. The molecule has 0 aliphatic carbocycles. The standard InChI is InChI=1S/C24H28N4O2S2/c1-3-4-13-28-21-12-11-19(32(25,29)30)15-20(21)27-23(28)16-26-24(22-6-5-14-31-22)18-9-7-17(2)8-10-18/h5-12,14-15,24,26H,3-4,13,16H2,1-2H3,(H2,25,29,30). The fourth-order valence-corrected chi connectivity index (χ4v) is 5.19. The van der Waals surface area contributed by atoms with Gasteiger partial charge in [0.15, 0.2) is 0 Å². The van der Waals surface area contributed by atoms with Gasteiger partial charge in [-0.2, -0.15) is 0 Å². The van der Waals surface area contributed by atoms with Gasteiger partial charge < -0.3 is 4.57 Å². The summed E-state index contributed by atoms with van der Waals surface area (Å²) in [6, 6.07) is 17.7. The number of hydrogen-bond acceptors (Lipinski definition) is 5. The normalized spacial score (nSPS) is 13.0.